The van der Waals surface area contributed by atoms with Crippen molar-refractivity contribution in [3.05, 3.63) is 47.0 Å². The van der Waals surface area contributed by atoms with Crippen molar-refractivity contribution in [3.63, 3.8) is 0 Å². The number of rotatable bonds is 6. The van der Waals surface area contributed by atoms with E-state index in [1.807, 2.05) is 24.1 Å². The highest BCUT2D eigenvalue weighted by molar-refractivity contribution is 5.26. The van der Waals surface area contributed by atoms with Crippen molar-refractivity contribution in [2.45, 2.75) is 39.8 Å². The van der Waals surface area contributed by atoms with Crippen LogP contribution in [0.3, 0.4) is 0 Å². The number of pyridine rings is 1. The van der Waals surface area contributed by atoms with Crippen molar-refractivity contribution in [2.75, 3.05) is 7.05 Å². The predicted molar refractivity (Wildman–Crippen MR) is 81.4 cm³/mol. The summed E-state index contributed by atoms with van der Waals surface area (Å²) in [6, 6.07) is 4.14. The van der Waals surface area contributed by atoms with Gasteiger partial charge in [-0.15, -0.1) is 0 Å². The van der Waals surface area contributed by atoms with E-state index >= 15 is 0 Å². The molecule has 0 fully saturated rings. The highest BCUT2D eigenvalue weighted by Gasteiger charge is 2.15. The molecule has 2 heterocycles. The lowest BCUT2D eigenvalue weighted by atomic mass is 10.1. The Labute approximate surface area is 121 Å². The maximum absolute atomic E-state index is 4.64. The molecule has 0 atom stereocenters. The Bertz CT molecular complexity index is 545. The molecule has 0 bridgehead atoms. The molecule has 0 spiro atoms. The van der Waals surface area contributed by atoms with Crippen molar-refractivity contribution < 1.29 is 0 Å². The summed E-state index contributed by atoms with van der Waals surface area (Å²) in [6.45, 7) is 6.25. The van der Waals surface area contributed by atoms with Crippen LogP contribution in [0.2, 0.25) is 0 Å². The second-order valence-electron chi connectivity index (χ2n) is 5.23. The van der Waals surface area contributed by atoms with Gasteiger partial charge in [-0.05, 0) is 37.6 Å². The van der Waals surface area contributed by atoms with Gasteiger partial charge in [0.05, 0.1) is 5.69 Å². The number of nitrogens with zero attached hydrogens (tertiary/aromatic N) is 4. The smallest absolute Gasteiger partial charge is 0.0669 e. The third-order valence-corrected chi connectivity index (χ3v) is 3.66. The van der Waals surface area contributed by atoms with E-state index in [2.05, 4.69) is 48.0 Å². The van der Waals surface area contributed by atoms with Gasteiger partial charge in [0, 0.05) is 43.8 Å². The molecule has 2 aromatic heterocycles. The molecule has 0 aliphatic rings. The fourth-order valence-electron chi connectivity index (χ4n) is 2.70. The first-order chi connectivity index (χ1) is 9.65. The van der Waals surface area contributed by atoms with Crippen molar-refractivity contribution in [2.24, 2.45) is 7.05 Å². The van der Waals surface area contributed by atoms with Gasteiger partial charge in [-0.2, -0.15) is 5.10 Å². The van der Waals surface area contributed by atoms with Gasteiger partial charge in [0.1, 0.15) is 0 Å². The topological polar surface area (TPSA) is 34.0 Å². The van der Waals surface area contributed by atoms with Crippen LogP contribution in [0.5, 0.6) is 0 Å². The molecule has 20 heavy (non-hydrogen) atoms. The zero-order valence-corrected chi connectivity index (χ0v) is 12.9. The molecule has 0 aliphatic carbocycles. The first-order valence-corrected chi connectivity index (χ1v) is 7.26. The first kappa shape index (κ1) is 14.7. The monoisotopic (exact) mass is 272 g/mol. The van der Waals surface area contributed by atoms with Crippen LogP contribution in [0.25, 0.3) is 0 Å². The molecule has 0 saturated carbocycles. The average molecular weight is 272 g/mol. The fraction of sp³-hybridized carbons (Fsp3) is 0.500. The fourth-order valence-corrected chi connectivity index (χ4v) is 2.70. The maximum atomic E-state index is 4.64. The summed E-state index contributed by atoms with van der Waals surface area (Å²) in [5.74, 6) is 0. The minimum Gasteiger partial charge on any atom is -0.298 e. The lowest BCUT2D eigenvalue weighted by molar-refractivity contribution is 0.317. The molecule has 0 N–H and O–H groups in total. The standard InChI is InChI=1S/C16H24N4/c1-5-15-14(16(6-2)20(4)18-15)12-19(3)11-13-7-9-17-10-8-13/h7-10H,5-6,11-12H2,1-4H3. The molecule has 4 nitrogen and oxygen atoms in total. The Morgan fingerprint density at radius 1 is 1.10 bits per heavy atom. The van der Waals surface area contributed by atoms with Crippen LogP contribution in [0.1, 0.15) is 36.4 Å². The summed E-state index contributed by atoms with van der Waals surface area (Å²) in [7, 11) is 4.21. The molecule has 108 valence electrons. The van der Waals surface area contributed by atoms with Crippen molar-refractivity contribution >= 4 is 0 Å². The van der Waals surface area contributed by atoms with Gasteiger partial charge in [0.25, 0.3) is 0 Å². The molecular weight excluding hydrogens is 248 g/mol. The summed E-state index contributed by atoms with van der Waals surface area (Å²) < 4.78 is 2.04. The SMILES string of the molecule is CCc1nn(C)c(CC)c1CN(C)Cc1ccncc1. The summed E-state index contributed by atoms with van der Waals surface area (Å²) in [6.07, 6.45) is 5.72. The lowest BCUT2D eigenvalue weighted by Gasteiger charge is -2.17. The van der Waals surface area contributed by atoms with E-state index in [1.54, 1.807) is 0 Å². The van der Waals surface area contributed by atoms with E-state index < -0.39 is 0 Å². The highest BCUT2D eigenvalue weighted by atomic mass is 15.3. The van der Waals surface area contributed by atoms with Crippen LogP contribution >= 0.6 is 0 Å². The second-order valence-corrected chi connectivity index (χ2v) is 5.23. The third kappa shape index (κ3) is 3.25. The van der Waals surface area contributed by atoms with Gasteiger partial charge < -0.3 is 0 Å². The molecule has 0 aliphatic heterocycles. The van der Waals surface area contributed by atoms with E-state index in [1.165, 1.54) is 22.5 Å². The molecule has 4 heteroatoms. The summed E-state index contributed by atoms with van der Waals surface area (Å²) >= 11 is 0. The van der Waals surface area contributed by atoms with E-state index in [9.17, 15) is 0 Å². The number of aryl methyl sites for hydroxylation is 2. The molecule has 0 radical (unpaired) electrons. The second kappa shape index (κ2) is 6.66. The quantitative estimate of drug-likeness (QED) is 0.810. The summed E-state index contributed by atoms with van der Waals surface area (Å²) in [4.78, 5) is 6.40. The van der Waals surface area contributed by atoms with Gasteiger partial charge in [0.15, 0.2) is 0 Å². The van der Waals surface area contributed by atoms with E-state index in [4.69, 9.17) is 0 Å². The lowest BCUT2D eigenvalue weighted by Crippen LogP contribution is -2.18. The molecule has 0 amide bonds. The van der Waals surface area contributed by atoms with Crippen LogP contribution < -0.4 is 0 Å². The highest BCUT2D eigenvalue weighted by Crippen LogP contribution is 2.18. The van der Waals surface area contributed by atoms with Gasteiger partial charge in [-0.25, -0.2) is 0 Å². The molecule has 0 unspecified atom stereocenters. The molecule has 0 saturated heterocycles. The minimum absolute atomic E-state index is 0.934. The molecule has 2 aromatic rings. The minimum atomic E-state index is 0.934. The zero-order chi connectivity index (χ0) is 14.5. The van der Waals surface area contributed by atoms with Gasteiger partial charge in [-0.3, -0.25) is 14.6 Å². The van der Waals surface area contributed by atoms with Gasteiger partial charge >= 0.3 is 0 Å². The normalized spacial score (nSPS) is 11.2. The van der Waals surface area contributed by atoms with E-state index in [0.29, 0.717) is 0 Å². The summed E-state index contributed by atoms with van der Waals surface area (Å²) in [5, 5.41) is 4.64. The number of hydrogen-bond donors (Lipinski definition) is 0. The van der Waals surface area contributed by atoms with Crippen molar-refractivity contribution in [1.29, 1.82) is 0 Å². The van der Waals surface area contributed by atoms with Gasteiger partial charge in [0.2, 0.25) is 0 Å². The molecule has 0 aromatic carbocycles. The number of hydrogen-bond acceptors (Lipinski definition) is 3. The largest absolute Gasteiger partial charge is 0.298 e. The first-order valence-electron chi connectivity index (χ1n) is 7.26. The Hall–Kier alpha value is -1.68. The third-order valence-electron chi connectivity index (χ3n) is 3.66. The van der Waals surface area contributed by atoms with Crippen molar-refractivity contribution in [1.82, 2.24) is 19.7 Å². The van der Waals surface area contributed by atoms with E-state index in [0.717, 1.165) is 25.9 Å². The molecule has 2 rings (SSSR count). The van der Waals surface area contributed by atoms with E-state index in [-0.39, 0.29) is 0 Å². The van der Waals surface area contributed by atoms with Crippen molar-refractivity contribution in [3.8, 4) is 0 Å². The van der Waals surface area contributed by atoms with Crippen LogP contribution in [-0.2, 0) is 33.0 Å². The number of aromatic nitrogens is 3. The Balaban J connectivity index is 2.13. The summed E-state index contributed by atoms with van der Waals surface area (Å²) in [5.41, 5.74) is 5.27. The Kier molecular flexibility index (Phi) is 4.90. The van der Waals surface area contributed by atoms with Gasteiger partial charge in [-0.1, -0.05) is 13.8 Å². The Morgan fingerprint density at radius 2 is 1.80 bits per heavy atom. The van der Waals surface area contributed by atoms with Crippen LogP contribution in [-0.4, -0.2) is 26.7 Å². The Morgan fingerprint density at radius 3 is 2.40 bits per heavy atom. The maximum Gasteiger partial charge on any atom is 0.0669 e. The van der Waals surface area contributed by atoms with Crippen LogP contribution in [0.15, 0.2) is 24.5 Å². The predicted octanol–water partition coefficient (Wildman–Crippen LogP) is 2.57. The van der Waals surface area contributed by atoms with Crippen LogP contribution in [0, 0.1) is 0 Å². The van der Waals surface area contributed by atoms with Crippen LogP contribution in [0.4, 0.5) is 0 Å². The average Bonchev–Trinajstić information content (AvgIpc) is 2.75. The molecular formula is C16H24N4. The zero-order valence-electron chi connectivity index (χ0n) is 12.9.